The lowest BCUT2D eigenvalue weighted by atomic mass is 10.2. The first-order valence-corrected chi connectivity index (χ1v) is 7.01. The molecule has 18 heavy (non-hydrogen) atoms. The minimum absolute atomic E-state index is 0.145. The SMILES string of the molecule is CC(C)CN1CCN(CCN2CCOC2=O)CC1. The van der Waals surface area contributed by atoms with Gasteiger partial charge in [-0.05, 0) is 5.92 Å². The molecule has 0 aromatic carbocycles. The Hall–Kier alpha value is -0.810. The Morgan fingerprint density at radius 1 is 1.06 bits per heavy atom. The first-order valence-electron chi connectivity index (χ1n) is 7.01. The third-order valence-corrected chi connectivity index (χ3v) is 3.62. The number of hydrogen-bond donors (Lipinski definition) is 0. The Bertz CT molecular complexity index is 275. The zero-order chi connectivity index (χ0) is 13.0. The van der Waals surface area contributed by atoms with Gasteiger partial charge in [-0.15, -0.1) is 0 Å². The summed E-state index contributed by atoms with van der Waals surface area (Å²) in [7, 11) is 0. The summed E-state index contributed by atoms with van der Waals surface area (Å²) in [6, 6.07) is 0. The van der Waals surface area contributed by atoms with Crippen LogP contribution in [0.1, 0.15) is 13.8 Å². The molecular formula is C13H25N3O2. The zero-order valence-corrected chi connectivity index (χ0v) is 11.6. The summed E-state index contributed by atoms with van der Waals surface area (Å²) >= 11 is 0. The standard InChI is InChI=1S/C13H25N3O2/c1-12(2)11-15-5-3-14(4-6-15)7-8-16-9-10-18-13(16)17/h12H,3-11H2,1-2H3. The lowest BCUT2D eigenvalue weighted by Gasteiger charge is -2.35. The highest BCUT2D eigenvalue weighted by Crippen LogP contribution is 2.07. The summed E-state index contributed by atoms with van der Waals surface area (Å²) in [4.78, 5) is 18.1. The molecule has 2 heterocycles. The Labute approximate surface area is 110 Å². The second kappa shape index (κ2) is 6.38. The van der Waals surface area contributed by atoms with E-state index in [0.29, 0.717) is 6.61 Å². The van der Waals surface area contributed by atoms with E-state index in [1.54, 1.807) is 4.90 Å². The average Bonchev–Trinajstić information content (AvgIpc) is 2.73. The molecule has 0 atom stereocenters. The van der Waals surface area contributed by atoms with Crippen LogP contribution < -0.4 is 0 Å². The van der Waals surface area contributed by atoms with E-state index in [1.807, 2.05) is 0 Å². The van der Waals surface area contributed by atoms with Crippen molar-refractivity contribution in [2.45, 2.75) is 13.8 Å². The van der Waals surface area contributed by atoms with Crippen LogP contribution in [-0.2, 0) is 4.74 Å². The second-order valence-corrected chi connectivity index (χ2v) is 5.64. The zero-order valence-electron chi connectivity index (χ0n) is 11.6. The van der Waals surface area contributed by atoms with Crippen LogP contribution in [0.25, 0.3) is 0 Å². The molecule has 2 aliphatic heterocycles. The van der Waals surface area contributed by atoms with Gasteiger partial charge in [-0.1, -0.05) is 13.8 Å². The highest BCUT2D eigenvalue weighted by Gasteiger charge is 2.23. The van der Waals surface area contributed by atoms with Gasteiger partial charge in [-0.2, -0.15) is 0 Å². The summed E-state index contributed by atoms with van der Waals surface area (Å²) in [5.74, 6) is 0.746. The van der Waals surface area contributed by atoms with E-state index in [0.717, 1.165) is 51.7 Å². The fourth-order valence-electron chi connectivity index (χ4n) is 2.60. The molecule has 2 rings (SSSR count). The van der Waals surface area contributed by atoms with Crippen LogP contribution in [0.15, 0.2) is 0 Å². The van der Waals surface area contributed by atoms with Crippen LogP contribution in [0.5, 0.6) is 0 Å². The minimum Gasteiger partial charge on any atom is -0.448 e. The van der Waals surface area contributed by atoms with Gasteiger partial charge in [0.05, 0.1) is 6.54 Å². The summed E-state index contributed by atoms with van der Waals surface area (Å²) in [5, 5.41) is 0. The van der Waals surface area contributed by atoms with Crippen molar-refractivity contribution < 1.29 is 9.53 Å². The largest absolute Gasteiger partial charge is 0.448 e. The number of ether oxygens (including phenoxy) is 1. The van der Waals surface area contributed by atoms with Gasteiger partial charge in [-0.3, -0.25) is 4.90 Å². The molecule has 0 aromatic rings. The van der Waals surface area contributed by atoms with Gasteiger partial charge in [0.2, 0.25) is 0 Å². The molecule has 0 unspecified atom stereocenters. The van der Waals surface area contributed by atoms with Crippen LogP contribution in [0.4, 0.5) is 4.79 Å². The molecular weight excluding hydrogens is 230 g/mol. The lowest BCUT2D eigenvalue weighted by Crippen LogP contribution is -2.49. The van der Waals surface area contributed by atoms with E-state index in [2.05, 4.69) is 23.6 Å². The third-order valence-electron chi connectivity index (χ3n) is 3.62. The first-order chi connectivity index (χ1) is 8.65. The van der Waals surface area contributed by atoms with Gasteiger partial charge in [0, 0.05) is 45.8 Å². The van der Waals surface area contributed by atoms with E-state index < -0.39 is 0 Å². The molecule has 5 heteroatoms. The number of cyclic esters (lactones) is 1. The monoisotopic (exact) mass is 255 g/mol. The Balaban J connectivity index is 1.63. The van der Waals surface area contributed by atoms with Gasteiger partial charge in [0.25, 0.3) is 0 Å². The van der Waals surface area contributed by atoms with Crippen LogP contribution in [0.3, 0.4) is 0 Å². The van der Waals surface area contributed by atoms with Crippen LogP contribution in [0.2, 0.25) is 0 Å². The predicted octanol–water partition coefficient (Wildman–Crippen LogP) is 0.712. The van der Waals surface area contributed by atoms with Crippen LogP contribution in [-0.4, -0.2) is 79.8 Å². The van der Waals surface area contributed by atoms with Crippen molar-refractivity contribution >= 4 is 6.09 Å². The highest BCUT2D eigenvalue weighted by atomic mass is 16.6. The number of amides is 1. The van der Waals surface area contributed by atoms with Gasteiger partial charge >= 0.3 is 6.09 Å². The quantitative estimate of drug-likeness (QED) is 0.725. The normalized spacial score (nSPS) is 22.8. The van der Waals surface area contributed by atoms with Gasteiger partial charge in [0.15, 0.2) is 0 Å². The second-order valence-electron chi connectivity index (χ2n) is 5.64. The fraction of sp³-hybridized carbons (Fsp3) is 0.923. The molecule has 0 saturated carbocycles. The van der Waals surface area contributed by atoms with Crippen molar-refractivity contribution in [2.24, 2.45) is 5.92 Å². The van der Waals surface area contributed by atoms with E-state index in [4.69, 9.17) is 4.74 Å². The maximum atomic E-state index is 11.3. The smallest absolute Gasteiger partial charge is 0.409 e. The minimum atomic E-state index is -0.145. The summed E-state index contributed by atoms with van der Waals surface area (Å²) in [6.45, 7) is 13.4. The van der Waals surface area contributed by atoms with Crippen molar-refractivity contribution in [3.63, 3.8) is 0 Å². The van der Waals surface area contributed by atoms with Crippen LogP contribution in [0, 0.1) is 5.92 Å². The van der Waals surface area contributed by atoms with Gasteiger partial charge < -0.3 is 14.5 Å². The lowest BCUT2D eigenvalue weighted by molar-refractivity contribution is 0.112. The predicted molar refractivity (Wildman–Crippen MR) is 70.6 cm³/mol. The Kier molecular flexibility index (Phi) is 4.83. The molecule has 2 saturated heterocycles. The van der Waals surface area contributed by atoms with Crippen molar-refractivity contribution in [1.82, 2.24) is 14.7 Å². The highest BCUT2D eigenvalue weighted by molar-refractivity contribution is 5.69. The Morgan fingerprint density at radius 2 is 1.72 bits per heavy atom. The number of piperazine rings is 1. The van der Waals surface area contributed by atoms with Gasteiger partial charge in [0.1, 0.15) is 6.61 Å². The molecule has 5 nitrogen and oxygen atoms in total. The molecule has 0 spiro atoms. The summed E-state index contributed by atoms with van der Waals surface area (Å²) in [6.07, 6.45) is -0.145. The molecule has 2 fully saturated rings. The van der Waals surface area contributed by atoms with E-state index >= 15 is 0 Å². The average molecular weight is 255 g/mol. The topological polar surface area (TPSA) is 36.0 Å². The number of nitrogens with zero attached hydrogens (tertiary/aromatic N) is 3. The van der Waals surface area contributed by atoms with E-state index in [-0.39, 0.29) is 6.09 Å². The molecule has 0 bridgehead atoms. The van der Waals surface area contributed by atoms with Crippen molar-refractivity contribution in [3.8, 4) is 0 Å². The number of carbonyl (C=O) groups excluding carboxylic acids is 1. The van der Waals surface area contributed by atoms with Crippen molar-refractivity contribution in [3.05, 3.63) is 0 Å². The van der Waals surface area contributed by atoms with Gasteiger partial charge in [-0.25, -0.2) is 4.79 Å². The number of rotatable bonds is 5. The Morgan fingerprint density at radius 3 is 2.28 bits per heavy atom. The molecule has 1 amide bonds. The molecule has 0 aliphatic carbocycles. The third kappa shape index (κ3) is 3.85. The molecule has 0 N–H and O–H groups in total. The van der Waals surface area contributed by atoms with E-state index in [1.165, 1.54) is 6.54 Å². The maximum absolute atomic E-state index is 11.3. The molecule has 0 aromatic heterocycles. The van der Waals surface area contributed by atoms with E-state index in [9.17, 15) is 4.79 Å². The van der Waals surface area contributed by atoms with Crippen LogP contribution >= 0.6 is 0 Å². The maximum Gasteiger partial charge on any atom is 0.409 e. The number of carbonyl (C=O) groups is 1. The summed E-state index contributed by atoms with van der Waals surface area (Å²) in [5.41, 5.74) is 0. The summed E-state index contributed by atoms with van der Waals surface area (Å²) < 4.78 is 4.93. The first kappa shape index (κ1) is 13.6. The molecule has 0 radical (unpaired) electrons. The van der Waals surface area contributed by atoms with Crippen molar-refractivity contribution in [1.29, 1.82) is 0 Å². The molecule has 2 aliphatic rings. The van der Waals surface area contributed by atoms with Crippen molar-refractivity contribution in [2.75, 3.05) is 59.0 Å². The number of hydrogen-bond acceptors (Lipinski definition) is 4. The molecule has 104 valence electrons. The fourth-order valence-corrected chi connectivity index (χ4v) is 2.60.